The van der Waals surface area contributed by atoms with Gasteiger partial charge in [0.25, 0.3) is 5.95 Å². The Kier molecular flexibility index (Phi) is 6.18. The second-order valence-electron chi connectivity index (χ2n) is 7.63. The zero-order chi connectivity index (χ0) is 21.8. The molecule has 160 valence electrons. The summed E-state index contributed by atoms with van der Waals surface area (Å²) in [4.78, 5) is 17.9. The number of aliphatic imine (C=N–C) groups is 2. The van der Waals surface area contributed by atoms with E-state index in [-0.39, 0.29) is 5.92 Å². The van der Waals surface area contributed by atoms with Crippen molar-refractivity contribution in [2.75, 3.05) is 20.3 Å². The fourth-order valence-corrected chi connectivity index (χ4v) is 3.86. The van der Waals surface area contributed by atoms with E-state index in [1.165, 1.54) is 0 Å². The second-order valence-corrected chi connectivity index (χ2v) is 7.63. The first-order valence-electron chi connectivity index (χ1n) is 10.4. The number of methoxy groups -OCH3 is 1. The lowest BCUT2D eigenvalue weighted by molar-refractivity contribution is 0.208. The Balaban J connectivity index is 1.71. The smallest absolute Gasteiger partial charge is 0.251 e. The predicted octanol–water partition coefficient (Wildman–Crippen LogP) is 3.30. The Morgan fingerprint density at radius 2 is 2.13 bits per heavy atom. The molecule has 2 heterocycles. The molecule has 31 heavy (non-hydrogen) atoms. The number of amidine groups is 1. The van der Waals surface area contributed by atoms with Crippen molar-refractivity contribution in [3.05, 3.63) is 47.8 Å². The maximum atomic E-state index is 6.07. The number of aryl methyl sites for hydroxylation is 1. The summed E-state index contributed by atoms with van der Waals surface area (Å²) in [6.07, 6.45) is 4.91. The Morgan fingerprint density at radius 1 is 1.32 bits per heavy atom. The van der Waals surface area contributed by atoms with E-state index in [1.807, 2.05) is 36.1 Å². The summed E-state index contributed by atoms with van der Waals surface area (Å²) in [6.45, 7) is 3.36. The molecule has 1 aliphatic rings. The van der Waals surface area contributed by atoms with Crippen molar-refractivity contribution in [1.82, 2.24) is 19.7 Å². The molecule has 0 spiro atoms. The van der Waals surface area contributed by atoms with Crippen molar-refractivity contribution >= 4 is 18.0 Å². The van der Waals surface area contributed by atoms with Gasteiger partial charge < -0.3 is 10.5 Å². The molecule has 2 N–H and O–H groups in total. The van der Waals surface area contributed by atoms with Crippen LogP contribution in [0.15, 0.2) is 46.5 Å². The van der Waals surface area contributed by atoms with Crippen molar-refractivity contribution in [3.8, 4) is 22.5 Å². The molecule has 4 rings (SSSR count). The quantitative estimate of drug-likeness (QED) is 0.361. The van der Waals surface area contributed by atoms with Gasteiger partial charge in [-0.3, -0.25) is 9.67 Å². The molecule has 0 saturated carbocycles. The van der Waals surface area contributed by atoms with Crippen LogP contribution >= 0.6 is 0 Å². The molecule has 8 nitrogen and oxygen atoms in total. The molecule has 3 aromatic rings. The fraction of sp³-hybridized carbons (Fsp3) is 0.348. The van der Waals surface area contributed by atoms with E-state index in [4.69, 9.17) is 20.6 Å². The summed E-state index contributed by atoms with van der Waals surface area (Å²) in [5.74, 6) is 1.05. The number of fused-ring (bicyclic) bond motifs is 3. The summed E-state index contributed by atoms with van der Waals surface area (Å²) >= 11 is 0. The van der Waals surface area contributed by atoms with Crippen molar-refractivity contribution in [2.45, 2.75) is 25.7 Å². The van der Waals surface area contributed by atoms with Crippen LogP contribution in [0.25, 0.3) is 22.5 Å². The molecular formula is C23H27N7O. The molecular weight excluding hydrogens is 390 g/mol. The maximum absolute atomic E-state index is 6.07. The summed E-state index contributed by atoms with van der Waals surface area (Å²) < 4.78 is 6.92. The third-order valence-corrected chi connectivity index (χ3v) is 5.34. The van der Waals surface area contributed by atoms with E-state index in [9.17, 15) is 0 Å². The Morgan fingerprint density at radius 3 is 2.90 bits per heavy atom. The Hall–Kier alpha value is -3.39. The first kappa shape index (κ1) is 20.9. The Bertz CT molecular complexity index is 1120. The van der Waals surface area contributed by atoms with Gasteiger partial charge in [-0.2, -0.15) is 10.1 Å². The van der Waals surface area contributed by atoms with Crippen LogP contribution in [-0.4, -0.2) is 52.1 Å². The van der Waals surface area contributed by atoms with Crippen LogP contribution in [0.5, 0.6) is 0 Å². The molecule has 0 fully saturated rings. The van der Waals surface area contributed by atoms with Gasteiger partial charge in [-0.15, -0.1) is 0 Å². The second kappa shape index (κ2) is 9.18. The van der Waals surface area contributed by atoms with E-state index in [2.05, 4.69) is 34.0 Å². The number of nitrogens with zero attached hydrogens (tertiary/aromatic N) is 6. The van der Waals surface area contributed by atoms with Gasteiger partial charge in [0.15, 0.2) is 0 Å². The van der Waals surface area contributed by atoms with Gasteiger partial charge in [0.05, 0.1) is 30.2 Å². The van der Waals surface area contributed by atoms with E-state index in [0.29, 0.717) is 31.4 Å². The van der Waals surface area contributed by atoms with E-state index >= 15 is 0 Å². The Labute approximate surface area is 181 Å². The number of aromatic nitrogens is 4. The summed E-state index contributed by atoms with van der Waals surface area (Å²) in [5, 5.41) is 4.80. The van der Waals surface area contributed by atoms with Gasteiger partial charge in [-0.25, -0.2) is 9.97 Å². The maximum Gasteiger partial charge on any atom is 0.251 e. The van der Waals surface area contributed by atoms with Crippen LogP contribution in [0.1, 0.15) is 30.5 Å². The summed E-state index contributed by atoms with van der Waals surface area (Å²) in [6, 6.07) is 10.3. The zero-order valence-corrected chi connectivity index (χ0v) is 18.1. The van der Waals surface area contributed by atoms with E-state index in [1.54, 1.807) is 13.3 Å². The highest BCUT2D eigenvalue weighted by molar-refractivity contribution is 5.94. The number of hydrogen-bond donors (Lipinski definition) is 1. The topological polar surface area (TPSA) is 104 Å². The first-order valence-corrected chi connectivity index (χ1v) is 10.4. The van der Waals surface area contributed by atoms with Crippen molar-refractivity contribution in [2.24, 2.45) is 22.8 Å². The summed E-state index contributed by atoms with van der Waals surface area (Å²) in [7, 11) is 3.63. The number of ether oxygens (including phenoxy) is 1. The molecule has 1 atom stereocenters. The molecule has 0 radical (unpaired) electrons. The number of nitrogens with two attached hydrogens (primary N) is 1. The normalized spacial score (nSPS) is 15.8. The first-order chi connectivity index (χ1) is 15.1. The van der Waals surface area contributed by atoms with Crippen LogP contribution in [0.4, 0.5) is 5.95 Å². The molecule has 0 amide bonds. The lowest BCUT2D eigenvalue weighted by Crippen LogP contribution is -2.13. The average molecular weight is 418 g/mol. The highest BCUT2D eigenvalue weighted by Crippen LogP contribution is 2.43. The van der Waals surface area contributed by atoms with Gasteiger partial charge in [0.2, 0.25) is 0 Å². The molecule has 8 heteroatoms. The van der Waals surface area contributed by atoms with E-state index in [0.717, 1.165) is 40.2 Å². The minimum Gasteiger partial charge on any atom is -0.387 e. The average Bonchev–Trinajstić information content (AvgIpc) is 3.10. The molecule has 0 aliphatic heterocycles. The SMILES string of the molecule is COCCN=CCC(N)=Nc1ncc2c(n1)-c1c(nn(C)c1-c1ccccc1)CC2C. The standard InChI is InChI=1S/C23H27N7O/c1-15-13-18-20(22(30(2)29-18)16-7-5-4-6-8-16)21-17(15)14-26-23(28-21)27-19(24)9-10-25-11-12-31-3/h4-8,10,14-15H,9,11-13H2,1-3H3,(H2,24,26,27,28). The van der Waals surface area contributed by atoms with Gasteiger partial charge in [0, 0.05) is 49.7 Å². The van der Waals surface area contributed by atoms with Crippen LogP contribution in [0, 0.1) is 0 Å². The zero-order valence-electron chi connectivity index (χ0n) is 18.1. The molecule has 1 aromatic carbocycles. The monoisotopic (exact) mass is 417 g/mol. The minimum absolute atomic E-state index is 0.282. The number of rotatable bonds is 7. The number of hydrogen-bond acceptors (Lipinski definition) is 6. The van der Waals surface area contributed by atoms with Crippen LogP contribution in [0.3, 0.4) is 0 Å². The third-order valence-electron chi connectivity index (χ3n) is 5.34. The highest BCUT2D eigenvalue weighted by Gasteiger charge is 2.30. The molecule has 2 aromatic heterocycles. The largest absolute Gasteiger partial charge is 0.387 e. The van der Waals surface area contributed by atoms with Gasteiger partial charge >= 0.3 is 0 Å². The van der Waals surface area contributed by atoms with Gasteiger partial charge in [-0.1, -0.05) is 37.3 Å². The molecule has 1 aliphatic carbocycles. The van der Waals surface area contributed by atoms with Crippen molar-refractivity contribution in [1.29, 1.82) is 0 Å². The van der Waals surface area contributed by atoms with E-state index < -0.39 is 0 Å². The predicted molar refractivity (Wildman–Crippen MR) is 123 cm³/mol. The van der Waals surface area contributed by atoms with Crippen molar-refractivity contribution in [3.63, 3.8) is 0 Å². The summed E-state index contributed by atoms with van der Waals surface area (Å²) in [5.41, 5.74) is 12.3. The minimum atomic E-state index is 0.282. The number of benzene rings is 1. The third kappa shape index (κ3) is 4.39. The van der Waals surface area contributed by atoms with Crippen LogP contribution in [0.2, 0.25) is 0 Å². The van der Waals surface area contributed by atoms with Gasteiger partial charge in [-0.05, 0) is 12.3 Å². The van der Waals surface area contributed by atoms with Crippen molar-refractivity contribution < 1.29 is 4.74 Å². The van der Waals surface area contributed by atoms with Crippen LogP contribution < -0.4 is 5.73 Å². The van der Waals surface area contributed by atoms with Gasteiger partial charge in [0.1, 0.15) is 5.84 Å². The lowest BCUT2D eigenvalue weighted by Gasteiger charge is -2.21. The molecule has 0 bridgehead atoms. The molecule has 1 unspecified atom stereocenters. The van der Waals surface area contributed by atoms with Crippen LogP contribution in [-0.2, 0) is 18.2 Å². The lowest BCUT2D eigenvalue weighted by atomic mass is 9.85. The molecule has 0 saturated heterocycles. The fourth-order valence-electron chi connectivity index (χ4n) is 3.86. The highest BCUT2D eigenvalue weighted by atomic mass is 16.5.